The van der Waals surface area contributed by atoms with Crippen LogP contribution >= 0.6 is 11.6 Å². The van der Waals surface area contributed by atoms with Gasteiger partial charge in [-0.2, -0.15) is 0 Å². The molecule has 5 nitrogen and oxygen atoms in total. The molecular weight excluding hydrogens is 262 g/mol. The molecule has 1 atom stereocenters. The van der Waals surface area contributed by atoms with E-state index in [1.54, 1.807) is 6.07 Å². The Kier molecular flexibility index (Phi) is 3.44. The number of nitrogens with one attached hydrogen (secondary N) is 1. The number of nitrogens with zero attached hydrogens (tertiary/aromatic N) is 1. The number of nitrogen functional groups attached to an aromatic ring is 1. The first-order chi connectivity index (χ1) is 7.96. The van der Waals surface area contributed by atoms with Crippen LogP contribution in [0.4, 0.5) is 11.5 Å². The Hall–Kier alpha value is -1.01. The number of aromatic nitrogens is 1. The summed E-state index contributed by atoms with van der Waals surface area (Å²) in [7, 11) is -2.83. The van der Waals surface area contributed by atoms with Crippen LogP contribution in [-0.4, -0.2) is 31.5 Å². The largest absolute Gasteiger partial charge is 0.397 e. The van der Waals surface area contributed by atoms with Gasteiger partial charge in [-0.05, 0) is 18.4 Å². The van der Waals surface area contributed by atoms with Gasteiger partial charge in [0.05, 0.1) is 28.4 Å². The summed E-state index contributed by atoms with van der Waals surface area (Å²) in [5.41, 5.74) is 6.03. The minimum Gasteiger partial charge on any atom is -0.397 e. The van der Waals surface area contributed by atoms with Gasteiger partial charge < -0.3 is 11.1 Å². The number of sulfone groups is 1. The van der Waals surface area contributed by atoms with Crippen LogP contribution in [-0.2, 0) is 9.84 Å². The molecule has 0 amide bonds. The maximum Gasteiger partial charge on any atom is 0.150 e. The monoisotopic (exact) mass is 275 g/mol. The first-order valence-corrected chi connectivity index (χ1v) is 7.51. The molecule has 1 aromatic rings. The van der Waals surface area contributed by atoms with E-state index in [2.05, 4.69) is 10.3 Å². The summed E-state index contributed by atoms with van der Waals surface area (Å²) in [6.07, 6.45) is 2.21. The Balaban J connectivity index is 1.95. The van der Waals surface area contributed by atoms with Gasteiger partial charge in [0.2, 0.25) is 0 Å². The molecular formula is C10H14ClN3O2S. The van der Waals surface area contributed by atoms with Crippen molar-refractivity contribution in [1.29, 1.82) is 0 Å². The highest BCUT2D eigenvalue weighted by atomic mass is 35.5. The normalized spacial score (nSPS) is 22.5. The highest BCUT2D eigenvalue weighted by Crippen LogP contribution is 2.23. The molecule has 94 valence electrons. The number of hydrogen-bond acceptors (Lipinski definition) is 5. The first kappa shape index (κ1) is 12.4. The lowest BCUT2D eigenvalue weighted by Gasteiger charge is -2.11. The van der Waals surface area contributed by atoms with Gasteiger partial charge in [-0.1, -0.05) is 11.6 Å². The zero-order chi connectivity index (χ0) is 12.5. The molecule has 2 rings (SSSR count). The van der Waals surface area contributed by atoms with Crippen molar-refractivity contribution in [2.24, 2.45) is 5.92 Å². The maximum atomic E-state index is 11.3. The average molecular weight is 276 g/mol. The van der Waals surface area contributed by atoms with Gasteiger partial charge in [-0.3, -0.25) is 0 Å². The number of hydrogen-bond donors (Lipinski definition) is 2. The van der Waals surface area contributed by atoms with Gasteiger partial charge in [0.1, 0.15) is 5.82 Å². The van der Waals surface area contributed by atoms with Crippen LogP contribution in [0.1, 0.15) is 6.42 Å². The quantitative estimate of drug-likeness (QED) is 0.865. The standard InChI is InChI=1S/C10H14ClN3O2S/c11-9-3-8(12)5-14-10(9)13-4-7-1-2-17(15,16)6-7/h3,5,7H,1-2,4,6,12H2,(H,13,14). The molecule has 1 aliphatic rings. The zero-order valence-electron chi connectivity index (χ0n) is 9.19. The molecule has 0 saturated carbocycles. The Morgan fingerprint density at radius 2 is 2.35 bits per heavy atom. The van der Waals surface area contributed by atoms with E-state index in [0.29, 0.717) is 29.5 Å². The second kappa shape index (κ2) is 4.70. The zero-order valence-corrected chi connectivity index (χ0v) is 10.8. The summed E-state index contributed by atoms with van der Waals surface area (Å²) in [5.74, 6) is 1.20. The molecule has 0 bridgehead atoms. The second-order valence-corrected chi connectivity index (χ2v) is 6.88. The van der Waals surface area contributed by atoms with E-state index in [1.807, 2.05) is 0 Å². The second-order valence-electron chi connectivity index (χ2n) is 4.25. The van der Waals surface area contributed by atoms with Crippen LogP contribution in [0.3, 0.4) is 0 Å². The van der Waals surface area contributed by atoms with Crippen molar-refractivity contribution in [3.63, 3.8) is 0 Å². The summed E-state index contributed by atoms with van der Waals surface area (Å²) < 4.78 is 22.6. The van der Waals surface area contributed by atoms with Crippen LogP contribution in [0, 0.1) is 5.92 Å². The van der Waals surface area contributed by atoms with Crippen molar-refractivity contribution in [2.75, 3.05) is 29.1 Å². The van der Waals surface area contributed by atoms with E-state index >= 15 is 0 Å². The topological polar surface area (TPSA) is 85.1 Å². The van der Waals surface area contributed by atoms with Gasteiger partial charge in [0.15, 0.2) is 9.84 Å². The number of rotatable bonds is 3. The third-order valence-electron chi connectivity index (χ3n) is 2.75. The van der Waals surface area contributed by atoms with Crippen LogP contribution in [0.15, 0.2) is 12.3 Å². The predicted molar refractivity (Wildman–Crippen MR) is 68.9 cm³/mol. The molecule has 0 aliphatic carbocycles. The third-order valence-corrected chi connectivity index (χ3v) is 4.87. The van der Waals surface area contributed by atoms with Gasteiger partial charge in [0, 0.05) is 6.54 Å². The summed E-state index contributed by atoms with van der Waals surface area (Å²) in [4.78, 5) is 4.06. The van der Waals surface area contributed by atoms with Gasteiger partial charge in [-0.25, -0.2) is 13.4 Å². The molecule has 3 N–H and O–H groups in total. The highest BCUT2D eigenvalue weighted by Gasteiger charge is 2.27. The molecule has 1 aliphatic heterocycles. The fourth-order valence-corrected chi connectivity index (χ4v) is 3.96. The van der Waals surface area contributed by atoms with Gasteiger partial charge in [-0.15, -0.1) is 0 Å². The first-order valence-electron chi connectivity index (χ1n) is 5.31. The fraction of sp³-hybridized carbons (Fsp3) is 0.500. The number of halogens is 1. The molecule has 1 fully saturated rings. The number of anilines is 2. The van der Waals surface area contributed by atoms with Crippen molar-refractivity contribution in [2.45, 2.75) is 6.42 Å². The molecule has 7 heteroatoms. The average Bonchev–Trinajstić information content (AvgIpc) is 2.57. The van der Waals surface area contributed by atoms with E-state index < -0.39 is 9.84 Å². The van der Waals surface area contributed by atoms with Crippen molar-refractivity contribution < 1.29 is 8.42 Å². The maximum absolute atomic E-state index is 11.3. The van der Waals surface area contributed by atoms with Crippen LogP contribution in [0.2, 0.25) is 5.02 Å². The lowest BCUT2D eigenvalue weighted by atomic mass is 10.1. The summed E-state index contributed by atoms with van der Waals surface area (Å²) in [6.45, 7) is 0.565. The number of nitrogens with two attached hydrogens (primary N) is 1. The molecule has 1 unspecified atom stereocenters. The molecule has 0 spiro atoms. The minimum atomic E-state index is -2.83. The molecule has 17 heavy (non-hydrogen) atoms. The molecule has 0 radical (unpaired) electrons. The lowest BCUT2D eigenvalue weighted by Crippen LogP contribution is -2.16. The van der Waals surface area contributed by atoms with E-state index in [-0.39, 0.29) is 17.4 Å². The van der Waals surface area contributed by atoms with Crippen molar-refractivity contribution in [3.8, 4) is 0 Å². The van der Waals surface area contributed by atoms with Gasteiger partial charge >= 0.3 is 0 Å². The van der Waals surface area contributed by atoms with Gasteiger partial charge in [0.25, 0.3) is 0 Å². The Morgan fingerprint density at radius 3 is 2.94 bits per heavy atom. The Morgan fingerprint density at radius 1 is 1.59 bits per heavy atom. The van der Waals surface area contributed by atoms with E-state index in [9.17, 15) is 8.42 Å². The Bertz CT molecular complexity index is 518. The lowest BCUT2D eigenvalue weighted by molar-refractivity contribution is 0.595. The van der Waals surface area contributed by atoms with Crippen molar-refractivity contribution in [1.82, 2.24) is 4.98 Å². The highest BCUT2D eigenvalue weighted by molar-refractivity contribution is 7.91. The van der Waals surface area contributed by atoms with E-state index in [4.69, 9.17) is 17.3 Å². The molecule has 0 aromatic carbocycles. The SMILES string of the molecule is Nc1cnc(NCC2CCS(=O)(=O)C2)c(Cl)c1. The Labute approximate surface area is 105 Å². The molecule has 1 saturated heterocycles. The fourth-order valence-electron chi connectivity index (χ4n) is 1.86. The summed E-state index contributed by atoms with van der Waals surface area (Å²) in [6, 6.07) is 1.61. The van der Waals surface area contributed by atoms with Crippen LogP contribution in [0.5, 0.6) is 0 Å². The molecule has 1 aromatic heterocycles. The van der Waals surface area contributed by atoms with Crippen molar-refractivity contribution in [3.05, 3.63) is 17.3 Å². The predicted octanol–water partition coefficient (Wildman–Crippen LogP) is 1.16. The molecule has 2 heterocycles. The third kappa shape index (κ3) is 3.23. The van der Waals surface area contributed by atoms with E-state index in [1.165, 1.54) is 6.20 Å². The number of pyridine rings is 1. The van der Waals surface area contributed by atoms with Crippen LogP contribution in [0.25, 0.3) is 0 Å². The summed E-state index contributed by atoms with van der Waals surface area (Å²) >= 11 is 5.95. The van der Waals surface area contributed by atoms with E-state index in [0.717, 1.165) is 0 Å². The van der Waals surface area contributed by atoms with Crippen LogP contribution < -0.4 is 11.1 Å². The summed E-state index contributed by atoms with van der Waals surface area (Å²) in [5, 5.41) is 3.51. The minimum absolute atomic E-state index is 0.135. The van der Waals surface area contributed by atoms with Crippen molar-refractivity contribution >= 4 is 32.9 Å². The smallest absolute Gasteiger partial charge is 0.150 e.